The SMILES string of the molecule is O=C(NCCC1=CCCCC1)C(=Cc1ccc(C(=O)NOC2CCCCO2)cc1)COc1cccc2ccccc12. The van der Waals surface area contributed by atoms with Crippen molar-refractivity contribution < 1.29 is 23.9 Å². The van der Waals surface area contributed by atoms with Crippen LogP contribution in [0.15, 0.2) is 84.0 Å². The minimum atomic E-state index is -0.410. The van der Waals surface area contributed by atoms with Crippen LogP contribution in [0, 0.1) is 0 Å². The van der Waals surface area contributed by atoms with Crippen LogP contribution in [0.2, 0.25) is 0 Å². The zero-order chi connectivity index (χ0) is 28.3. The van der Waals surface area contributed by atoms with Gasteiger partial charge in [0.2, 0.25) is 0 Å². The lowest BCUT2D eigenvalue weighted by Gasteiger charge is -2.22. The summed E-state index contributed by atoms with van der Waals surface area (Å²) >= 11 is 0. The lowest BCUT2D eigenvalue weighted by molar-refractivity contribution is -0.186. The molecular formula is C34H38N2O5. The Balaban J connectivity index is 1.26. The molecule has 1 saturated heterocycles. The van der Waals surface area contributed by atoms with Gasteiger partial charge < -0.3 is 14.8 Å². The number of carbonyl (C=O) groups is 2. The van der Waals surface area contributed by atoms with E-state index in [1.54, 1.807) is 12.1 Å². The fourth-order valence-electron chi connectivity index (χ4n) is 5.15. The van der Waals surface area contributed by atoms with Crippen molar-refractivity contribution in [3.05, 3.63) is 95.1 Å². The van der Waals surface area contributed by atoms with E-state index in [0.717, 1.165) is 60.6 Å². The molecule has 0 spiro atoms. The summed E-state index contributed by atoms with van der Waals surface area (Å²) in [6.07, 6.45) is 12.1. The highest BCUT2D eigenvalue weighted by molar-refractivity contribution is 5.99. The number of fused-ring (bicyclic) bond motifs is 1. The molecule has 1 atom stereocenters. The maximum absolute atomic E-state index is 13.3. The van der Waals surface area contributed by atoms with E-state index >= 15 is 0 Å². The Morgan fingerprint density at radius 1 is 0.951 bits per heavy atom. The third kappa shape index (κ3) is 8.28. The van der Waals surface area contributed by atoms with Gasteiger partial charge in [-0.2, -0.15) is 0 Å². The highest BCUT2D eigenvalue weighted by Gasteiger charge is 2.17. The predicted molar refractivity (Wildman–Crippen MR) is 160 cm³/mol. The van der Waals surface area contributed by atoms with Gasteiger partial charge in [0, 0.05) is 30.5 Å². The van der Waals surface area contributed by atoms with E-state index in [0.29, 0.717) is 24.3 Å². The van der Waals surface area contributed by atoms with Crippen LogP contribution >= 0.6 is 0 Å². The van der Waals surface area contributed by atoms with Gasteiger partial charge in [0.1, 0.15) is 12.4 Å². The smallest absolute Gasteiger partial charge is 0.274 e. The standard InChI is InChI=1S/C34H38N2O5/c37-33(35-21-20-25-9-2-1-3-10-25)29(24-40-31-14-8-12-27-11-4-5-13-30(27)31)23-26-16-18-28(19-17-26)34(38)36-41-32-15-6-7-22-39-32/h4-5,8-9,11-14,16-19,23,32H,1-3,6-7,10,15,20-22,24H2,(H,35,37)(H,36,38). The molecule has 0 radical (unpaired) electrons. The minimum absolute atomic E-state index is 0.111. The van der Waals surface area contributed by atoms with Crippen LogP contribution in [0.1, 0.15) is 67.3 Å². The lowest BCUT2D eigenvalue weighted by atomic mass is 9.97. The number of carbonyl (C=O) groups excluding carboxylic acids is 2. The third-order valence-electron chi connectivity index (χ3n) is 7.48. The Hall–Kier alpha value is -3.94. The second-order valence-corrected chi connectivity index (χ2v) is 10.5. The summed E-state index contributed by atoms with van der Waals surface area (Å²) in [4.78, 5) is 31.3. The maximum Gasteiger partial charge on any atom is 0.274 e. The topological polar surface area (TPSA) is 85.9 Å². The van der Waals surface area contributed by atoms with Crippen molar-refractivity contribution in [3.63, 3.8) is 0 Å². The fourth-order valence-corrected chi connectivity index (χ4v) is 5.15. The van der Waals surface area contributed by atoms with Gasteiger partial charge in [-0.15, -0.1) is 0 Å². The molecular weight excluding hydrogens is 516 g/mol. The predicted octanol–water partition coefficient (Wildman–Crippen LogP) is 6.50. The van der Waals surface area contributed by atoms with Crippen LogP contribution in [-0.4, -0.2) is 37.9 Å². The molecule has 7 nitrogen and oxygen atoms in total. The van der Waals surface area contributed by atoms with Crippen molar-refractivity contribution in [3.8, 4) is 5.75 Å². The highest BCUT2D eigenvalue weighted by atomic mass is 16.8. The van der Waals surface area contributed by atoms with Crippen molar-refractivity contribution in [1.82, 2.24) is 10.8 Å². The summed E-state index contributed by atoms with van der Waals surface area (Å²) < 4.78 is 11.7. The summed E-state index contributed by atoms with van der Waals surface area (Å²) in [5.74, 6) is 0.219. The number of hydrogen-bond donors (Lipinski definition) is 2. The molecule has 3 aromatic rings. The van der Waals surface area contributed by atoms with Crippen molar-refractivity contribution in [1.29, 1.82) is 0 Å². The van der Waals surface area contributed by atoms with Gasteiger partial charge in [0.05, 0.1) is 5.57 Å². The first-order valence-corrected chi connectivity index (χ1v) is 14.6. The highest BCUT2D eigenvalue weighted by Crippen LogP contribution is 2.26. The van der Waals surface area contributed by atoms with Crippen molar-refractivity contribution >= 4 is 28.7 Å². The Morgan fingerprint density at radius 2 is 1.80 bits per heavy atom. The molecule has 0 saturated carbocycles. The van der Waals surface area contributed by atoms with Crippen LogP contribution in [0.5, 0.6) is 5.75 Å². The van der Waals surface area contributed by atoms with Crippen LogP contribution in [0.3, 0.4) is 0 Å². The first kappa shape index (κ1) is 28.6. The van der Waals surface area contributed by atoms with Gasteiger partial charge in [0.25, 0.3) is 11.8 Å². The van der Waals surface area contributed by atoms with Gasteiger partial charge in [-0.25, -0.2) is 10.3 Å². The average Bonchev–Trinajstić information content (AvgIpc) is 3.03. The lowest BCUT2D eigenvalue weighted by Crippen LogP contribution is -2.33. The Morgan fingerprint density at radius 3 is 2.61 bits per heavy atom. The van der Waals surface area contributed by atoms with E-state index in [1.165, 1.54) is 18.4 Å². The summed E-state index contributed by atoms with van der Waals surface area (Å²) in [6.45, 7) is 1.33. The monoisotopic (exact) mass is 554 g/mol. The average molecular weight is 555 g/mol. The molecule has 3 aromatic carbocycles. The van der Waals surface area contributed by atoms with Gasteiger partial charge in [-0.3, -0.25) is 9.59 Å². The summed E-state index contributed by atoms with van der Waals surface area (Å²) in [5, 5.41) is 5.15. The van der Waals surface area contributed by atoms with E-state index in [-0.39, 0.29) is 18.4 Å². The van der Waals surface area contributed by atoms with E-state index in [9.17, 15) is 9.59 Å². The molecule has 2 N–H and O–H groups in total. The Labute approximate surface area is 241 Å². The van der Waals surface area contributed by atoms with Gasteiger partial charge >= 0.3 is 0 Å². The second-order valence-electron chi connectivity index (χ2n) is 10.5. The molecule has 41 heavy (non-hydrogen) atoms. The zero-order valence-electron chi connectivity index (χ0n) is 23.4. The van der Waals surface area contributed by atoms with E-state index in [4.69, 9.17) is 14.3 Å². The van der Waals surface area contributed by atoms with E-state index < -0.39 is 6.29 Å². The first-order valence-electron chi connectivity index (χ1n) is 14.6. The van der Waals surface area contributed by atoms with Gasteiger partial charge in [-0.1, -0.05) is 60.2 Å². The molecule has 1 aliphatic carbocycles. The number of rotatable bonds is 11. The zero-order valence-corrected chi connectivity index (χ0v) is 23.4. The molecule has 0 aromatic heterocycles. The third-order valence-corrected chi connectivity index (χ3v) is 7.48. The molecule has 2 aliphatic rings. The molecule has 1 heterocycles. The van der Waals surface area contributed by atoms with Crippen LogP contribution in [-0.2, 0) is 14.4 Å². The summed E-state index contributed by atoms with van der Waals surface area (Å²) in [7, 11) is 0. The molecule has 5 rings (SSSR count). The van der Waals surface area contributed by atoms with Crippen molar-refractivity contribution in [2.24, 2.45) is 0 Å². The molecule has 1 aliphatic heterocycles. The number of allylic oxidation sites excluding steroid dienone is 1. The molecule has 214 valence electrons. The number of benzene rings is 3. The Kier molecular flexibility index (Phi) is 10.2. The minimum Gasteiger partial charge on any atom is -0.488 e. The Bertz CT molecular complexity index is 1380. The second kappa shape index (κ2) is 14.6. The summed E-state index contributed by atoms with van der Waals surface area (Å²) in [5.41, 5.74) is 5.65. The van der Waals surface area contributed by atoms with Crippen LogP contribution < -0.4 is 15.5 Å². The molecule has 2 amide bonds. The number of ether oxygens (including phenoxy) is 2. The molecule has 0 bridgehead atoms. The molecule has 1 unspecified atom stereocenters. The van der Waals surface area contributed by atoms with Crippen molar-refractivity contribution in [2.75, 3.05) is 19.8 Å². The van der Waals surface area contributed by atoms with Gasteiger partial charge in [-0.05, 0) is 80.2 Å². The largest absolute Gasteiger partial charge is 0.488 e. The van der Waals surface area contributed by atoms with Crippen LogP contribution in [0.4, 0.5) is 0 Å². The number of amides is 2. The normalized spacial score (nSPS) is 17.5. The molecule has 7 heteroatoms. The van der Waals surface area contributed by atoms with Gasteiger partial charge in [0.15, 0.2) is 6.29 Å². The van der Waals surface area contributed by atoms with Crippen molar-refractivity contribution in [2.45, 2.75) is 57.7 Å². The van der Waals surface area contributed by atoms with E-state index in [1.807, 2.05) is 60.7 Å². The van der Waals surface area contributed by atoms with Crippen LogP contribution in [0.25, 0.3) is 16.8 Å². The number of hydrogen-bond acceptors (Lipinski definition) is 5. The maximum atomic E-state index is 13.3. The number of nitrogens with one attached hydrogen (secondary N) is 2. The fraction of sp³-hybridized carbons (Fsp3) is 0.353. The summed E-state index contributed by atoms with van der Waals surface area (Å²) in [6, 6.07) is 21.0. The first-order chi connectivity index (χ1) is 20.2. The quantitative estimate of drug-likeness (QED) is 0.161. The molecule has 1 fully saturated rings. The van der Waals surface area contributed by atoms with E-state index in [2.05, 4.69) is 16.9 Å². The number of hydroxylamine groups is 1.